The molecule has 0 fully saturated rings. The standard InChI is InChI=1S/5H2O4S.6H2O.2V/c5*1-5(2,3)4;;;;;;;;/h5*(H2,1,2,3,4);6*1H2;;/p-10. The Labute approximate surface area is 208 Å². The van der Waals surface area contributed by atoms with Crippen LogP contribution in [0.25, 0.3) is 0 Å². The summed E-state index contributed by atoms with van der Waals surface area (Å²) in [7, 11) is -25.8. The van der Waals surface area contributed by atoms with Gasteiger partial charge in [0.2, 0.25) is 0 Å². The Kier molecular flexibility index (Phi) is 88.0. The van der Waals surface area contributed by atoms with Gasteiger partial charge in [0.1, 0.15) is 0 Å². The Bertz CT molecular complexity index is 621. The fourth-order valence-electron chi connectivity index (χ4n) is 0. The third kappa shape index (κ3) is 381000. The number of hydrogen-bond acceptors (Lipinski definition) is 20. The van der Waals surface area contributed by atoms with E-state index in [0.29, 0.717) is 0 Å². The average Bonchev–Trinajstić information content (AvgIpc) is 1.79. The molecule has 0 aromatic rings. The van der Waals surface area contributed by atoms with Gasteiger partial charge in [-0.2, -0.15) is 0 Å². The topological polar surface area (TPSA) is 590 Å². The third-order valence-electron chi connectivity index (χ3n) is 0. The van der Waals surface area contributed by atoms with E-state index in [1.54, 1.807) is 0 Å². The molecule has 0 bridgehead atoms. The molecule has 0 amide bonds. The molecule has 33 heavy (non-hydrogen) atoms. The molecule has 218 valence electrons. The van der Waals surface area contributed by atoms with Crippen LogP contribution in [0, 0.1) is 0 Å². The summed E-state index contributed by atoms with van der Waals surface area (Å²) in [5, 5.41) is 0. The molecule has 26 nitrogen and oxygen atoms in total. The maximum absolute atomic E-state index is 8.52. The fourth-order valence-corrected chi connectivity index (χ4v) is 0. The predicted octanol–water partition coefficient (Wildman–Crippen LogP) is -11.6. The summed E-state index contributed by atoms with van der Waals surface area (Å²) in [6.07, 6.45) is 0. The molecule has 0 aliphatic rings. The van der Waals surface area contributed by atoms with Gasteiger partial charge < -0.3 is 78.4 Å². The first-order valence-electron chi connectivity index (χ1n) is 3.33. The summed E-state index contributed by atoms with van der Waals surface area (Å²) in [5.41, 5.74) is 0. The maximum atomic E-state index is 8.52. The molecule has 0 unspecified atom stereocenters. The Balaban J connectivity index is -0.0000000130. The summed E-state index contributed by atoms with van der Waals surface area (Å²) < 4.78 is 170. The Hall–Kier alpha value is 0.279. The van der Waals surface area contributed by atoms with E-state index in [1.807, 2.05) is 0 Å². The average molecular weight is 690 g/mol. The largest absolute Gasteiger partial charge is 0.759 e. The van der Waals surface area contributed by atoms with Crippen LogP contribution in [-0.2, 0) is 89.1 Å². The molecular formula is H12O26S5V2-10. The fraction of sp³-hybridized carbons (Fsp3) is 0. The maximum Gasteiger partial charge on any atom is 0.0311 e. The van der Waals surface area contributed by atoms with Gasteiger partial charge in [-0.3, -0.25) is 42.1 Å². The molecule has 0 rings (SSSR count). The minimum Gasteiger partial charge on any atom is -0.759 e. The smallest absolute Gasteiger partial charge is 0.0311 e. The zero-order valence-electron chi connectivity index (χ0n) is 14.1. The van der Waals surface area contributed by atoms with Gasteiger partial charge in [0.05, 0.1) is 0 Å². The number of hydrogen-bond donors (Lipinski definition) is 0. The molecule has 0 aliphatic heterocycles. The third-order valence-corrected chi connectivity index (χ3v) is 0. The van der Waals surface area contributed by atoms with Crippen molar-refractivity contribution in [3.63, 3.8) is 0 Å². The molecule has 0 aliphatic carbocycles. The van der Waals surface area contributed by atoms with E-state index in [1.165, 1.54) is 0 Å². The first-order valence-corrected chi connectivity index (χ1v) is 10.0. The van der Waals surface area contributed by atoms with Crippen LogP contribution in [0.1, 0.15) is 0 Å². The summed E-state index contributed by atoms with van der Waals surface area (Å²) in [6, 6.07) is 0. The normalized spacial score (nSPS) is 8.79. The van der Waals surface area contributed by atoms with E-state index in [2.05, 4.69) is 0 Å². The molecular weight excluding hydrogens is 678 g/mol. The van der Waals surface area contributed by atoms with Crippen LogP contribution in [-0.4, -0.2) is 120 Å². The van der Waals surface area contributed by atoms with E-state index < -0.39 is 52.0 Å². The van der Waals surface area contributed by atoms with Crippen LogP contribution in [0.4, 0.5) is 0 Å². The van der Waals surface area contributed by atoms with E-state index in [-0.39, 0.29) is 70.0 Å². The van der Waals surface area contributed by atoms with Crippen LogP contribution < -0.4 is 0 Å². The summed E-state index contributed by atoms with van der Waals surface area (Å²) in [6.45, 7) is 0. The van der Waals surface area contributed by atoms with Crippen LogP contribution in [0.3, 0.4) is 0 Å². The van der Waals surface area contributed by atoms with Gasteiger partial charge in [-0.25, -0.2) is 0 Å². The molecule has 0 spiro atoms. The Morgan fingerprint density at radius 1 is 0.242 bits per heavy atom. The molecule has 0 saturated heterocycles. The van der Waals surface area contributed by atoms with Crippen molar-refractivity contribution < 1.29 is 158 Å². The van der Waals surface area contributed by atoms with Crippen molar-refractivity contribution in [2.75, 3.05) is 0 Å². The summed E-state index contributed by atoms with van der Waals surface area (Å²) in [5.74, 6) is 0. The van der Waals surface area contributed by atoms with Crippen molar-refractivity contribution >= 4 is 52.0 Å². The quantitative estimate of drug-likeness (QED) is 0.168. The second-order valence-corrected chi connectivity index (χ2v) is 6.12. The van der Waals surface area contributed by atoms with Crippen molar-refractivity contribution in [1.82, 2.24) is 0 Å². The molecule has 33 heteroatoms. The predicted molar refractivity (Wildman–Crippen MR) is 74.1 cm³/mol. The molecule has 0 aromatic heterocycles. The monoisotopic (exact) mass is 690 g/mol. The van der Waals surface area contributed by atoms with Crippen molar-refractivity contribution in [3.8, 4) is 0 Å². The zero-order chi connectivity index (χ0) is 22.5. The van der Waals surface area contributed by atoms with Crippen LogP contribution >= 0.6 is 0 Å². The minimum absolute atomic E-state index is 0. The number of rotatable bonds is 0. The van der Waals surface area contributed by atoms with Crippen molar-refractivity contribution in [3.05, 3.63) is 0 Å². The Morgan fingerprint density at radius 3 is 0.242 bits per heavy atom. The van der Waals surface area contributed by atoms with Gasteiger partial charge in [0.25, 0.3) is 0 Å². The molecule has 0 aromatic carbocycles. The van der Waals surface area contributed by atoms with Gasteiger partial charge in [-0.15, -0.1) is 0 Å². The minimum atomic E-state index is -5.17. The van der Waals surface area contributed by atoms with E-state index in [4.69, 9.17) is 87.6 Å². The van der Waals surface area contributed by atoms with E-state index in [9.17, 15) is 0 Å². The molecule has 2 radical (unpaired) electrons. The van der Waals surface area contributed by atoms with Crippen LogP contribution in [0.15, 0.2) is 0 Å². The summed E-state index contributed by atoms with van der Waals surface area (Å²) in [4.78, 5) is 0. The van der Waals surface area contributed by atoms with Crippen molar-refractivity contribution in [2.45, 2.75) is 0 Å². The van der Waals surface area contributed by atoms with E-state index in [0.717, 1.165) is 0 Å². The van der Waals surface area contributed by atoms with Crippen molar-refractivity contribution in [2.24, 2.45) is 0 Å². The van der Waals surface area contributed by atoms with Gasteiger partial charge in [0.15, 0.2) is 0 Å². The zero-order valence-corrected chi connectivity index (χ0v) is 21.0. The van der Waals surface area contributed by atoms with Gasteiger partial charge >= 0.3 is 0 Å². The SMILES string of the molecule is O.O.O.O.O.O.O=S(=O)([O-])[O-].O=S(=O)([O-])[O-].O=S(=O)([O-])[O-].O=S(=O)([O-])[O-].O=S(=O)([O-])[O-].[V].[V]. The summed E-state index contributed by atoms with van der Waals surface area (Å²) >= 11 is 0. The van der Waals surface area contributed by atoms with E-state index >= 15 is 0 Å². The molecule has 12 N–H and O–H groups in total. The first kappa shape index (κ1) is 84.3. The molecule has 0 heterocycles. The van der Waals surface area contributed by atoms with Gasteiger partial charge in [-0.05, 0) is 0 Å². The molecule has 0 atom stereocenters. The van der Waals surface area contributed by atoms with Crippen LogP contribution in [0.2, 0.25) is 0 Å². The van der Waals surface area contributed by atoms with Gasteiger partial charge in [-0.1, -0.05) is 0 Å². The molecule has 0 saturated carbocycles. The van der Waals surface area contributed by atoms with Crippen LogP contribution in [0.5, 0.6) is 0 Å². The van der Waals surface area contributed by atoms with Crippen molar-refractivity contribution in [1.29, 1.82) is 0 Å². The first-order chi connectivity index (χ1) is 10.0. The second-order valence-electron chi connectivity index (χ2n) is 2.04. The Morgan fingerprint density at radius 2 is 0.242 bits per heavy atom. The second kappa shape index (κ2) is 34.4. The van der Waals surface area contributed by atoms with Gasteiger partial charge in [0, 0.05) is 89.1 Å².